The van der Waals surface area contributed by atoms with Crippen molar-refractivity contribution in [2.75, 3.05) is 19.8 Å². The predicted octanol–water partition coefficient (Wildman–Crippen LogP) is 1.33. The lowest BCUT2D eigenvalue weighted by molar-refractivity contribution is -0.167. The Hall–Kier alpha value is -0.610. The van der Waals surface area contributed by atoms with Crippen LogP contribution in [0.4, 0.5) is 0 Å². The highest BCUT2D eigenvalue weighted by Crippen LogP contribution is 2.31. The fourth-order valence-electron chi connectivity index (χ4n) is 1.68. The third-order valence-electron chi connectivity index (χ3n) is 3.51. The number of carbonyl (C=O) groups excluding carboxylic acids is 1. The van der Waals surface area contributed by atoms with E-state index in [0.717, 1.165) is 0 Å². The molecule has 16 heavy (non-hydrogen) atoms. The van der Waals surface area contributed by atoms with Crippen LogP contribution in [0.5, 0.6) is 0 Å². The van der Waals surface area contributed by atoms with Crippen LogP contribution in [0.1, 0.15) is 33.6 Å². The molecule has 1 unspecified atom stereocenters. The first-order chi connectivity index (χ1) is 7.52. The lowest BCUT2D eigenvalue weighted by Crippen LogP contribution is -2.45. The first-order valence-corrected chi connectivity index (χ1v) is 6.01. The normalized spacial score (nSPS) is 21.8. The number of hydrogen-bond donors (Lipinski definition) is 1. The lowest BCUT2D eigenvalue weighted by Gasteiger charge is -2.35. The third kappa shape index (κ3) is 2.95. The molecular weight excluding hydrogens is 206 g/mol. The molecule has 1 heterocycles. The van der Waals surface area contributed by atoms with Gasteiger partial charge in [0, 0.05) is 19.8 Å². The maximum absolute atomic E-state index is 12.1. The average molecular weight is 229 g/mol. The molecule has 4 heteroatoms. The summed E-state index contributed by atoms with van der Waals surface area (Å²) in [4.78, 5) is 12.1. The standard InChI is InChI=1S/C12H23NO3/c1-9(2)10(3)16-11(14)12(8-13)4-6-15-7-5-12/h9-10H,4-8,13H2,1-3H3. The summed E-state index contributed by atoms with van der Waals surface area (Å²) in [5.74, 6) is 0.179. The van der Waals surface area contributed by atoms with E-state index in [1.165, 1.54) is 0 Å². The second kappa shape index (κ2) is 5.64. The van der Waals surface area contributed by atoms with E-state index in [9.17, 15) is 4.79 Å². The van der Waals surface area contributed by atoms with Crippen LogP contribution in [0.25, 0.3) is 0 Å². The first kappa shape index (κ1) is 13.5. The molecule has 0 aromatic rings. The zero-order valence-corrected chi connectivity index (χ0v) is 10.5. The van der Waals surface area contributed by atoms with Crippen molar-refractivity contribution in [3.8, 4) is 0 Å². The van der Waals surface area contributed by atoms with Gasteiger partial charge in [-0.05, 0) is 25.7 Å². The van der Waals surface area contributed by atoms with Gasteiger partial charge in [-0.1, -0.05) is 13.8 Å². The molecule has 0 bridgehead atoms. The minimum Gasteiger partial charge on any atom is -0.462 e. The molecule has 0 radical (unpaired) electrons. The Morgan fingerprint density at radius 3 is 2.38 bits per heavy atom. The molecule has 94 valence electrons. The van der Waals surface area contributed by atoms with E-state index >= 15 is 0 Å². The van der Waals surface area contributed by atoms with Crippen molar-refractivity contribution in [2.45, 2.75) is 39.7 Å². The van der Waals surface area contributed by atoms with E-state index in [1.54, 1.807) is 0 Å². The Balaban J connectivity index is 2.61. The summed E-state index contributed by atoms with van der Waals surface area (Å²) in [6.07, 6.45) is 1.29. The summed E-state index contributed by atoms with van der Waals surface area (Å²) in [5.41, 5.74) is 5.22. The SMILES string of the molecule is CC(C)C(C)OC(=O)C1(CN)CCOCC1. The molecule has 0 spiro atoms. The van der Waals surface area contributed by atoms with E-state index < -0.39 is 5.41 Å². The van der Waals surface area contributed by atoms with Crippen molar-refractivity contribution in [3.63, 3.8) is 0 Å². The van der Waals surface area contributed by atoms with Gasteiger partial charge in [-0.15, -0.1) is 0 Å². The second-order valence-corrected chi connectivity index (χ2v) is 4.95. The quantitative estimate of drug-likeness (QED) is 0.739. The highest BCUT2D eigenvalue weighted by Gasteiger charge is 2.41. The predicted molar refractivity (Wildman–Crippen MR) is 61.9 cm³/mol. The van der Waals surface area contributed by atoms with Crippen LogP contribution < -0.4 is 5.73 Å². The van der Waals surface area contributed by atoms with Gasteiger partial charge < -0.3 is 15.2 Å². The molecule has 1 aliphatic heterocycles. The molecule has 0 saturated carbocycles. The van der Waals surface area contributed by atoms with Gasteiger partial charge in [0.05, 0.1) is 5.41 Å². The van der Waals surface area contributed by atoms with Crippen molar-refractivity contribution in [2.24, 2.45) is 17.1 Å². The first-order valence-electron chi connectivity index (χ1n) is 6.01. The summed E-state index contributed by atoms with van der Waals surface area (Å²) in [5, 5.41) is 0. The Morgan fingerprint density at radius 2 is 1.94 bits per heavy atom. The van der Waals surface area contributed by atoms with Crippen LogP contribution in [-0.2, 0) is 14.3 Å². The fourth-order valence-corrected chi connectivity index (χ4v) is 1.68. The van der Waals surface area contributed by atoms with Gasteiger partial charge >= 0.3 is 5.97 Å². The highest BCUT2D eigenvalue weighted by molar-refractivity contribution is 5.77. The topological polar surface area (TPSA) is 61.5 Å². The second-order valence-electron chi connectivity index (χ2n) is 4.95. The van der Waals surface area contributed by atoms with E-state index in [4.69, 9.17) is 15.2 Å². The number of esters is 1. The lowest BCUT2D eigenvalue weighted by atomic mass is 9.80. The Bertz CT molecular complexity index is 234. The van der Waals surface area contributed by atoms with Gasteiger partial charge in [-0.3, -0.25) is 4.79 Å². The molecule has 0 amide bonds. The van der Waals surface area contributed by atoms with Gasteiger partial charge in [0.15, 0.2) is 0 Å². The highest BCUT2D eigenvalue weighted by atomic mass is 16.5. The summed E-state index contributed by atoms with van der Waals surface area (Å²) < 4.78 is 10.7. The number of rotatable bonds is 4. The summed E-state index contributed by atoms with van der Waals surface area (Å²) >= 11 is 0. The van der Waals surface area contributed by atoms with Crippen molar-refractivity contribution >= 4 is 5.97 Å². The van der Waals surface area contributed by atoms with Gasteiger partial charge in [0.1, 0.15) is 6.10 Å². The minimum atomic E-state index is -0.512. The number of carbonyl (C=O) groups is 1. The van der Waals surface area contributed by atoms with Gasteiger partial charge in [0.25, 0.3) is 0 Å². The number of nitrogens with two attached hydrogens (primary N) is 1. The van der Waals surface area contributed by atoms with Gasteiger partial charge in [-0.25, -0.2) is 0 Å². The fraction of sp³-hybridized carbons (Fsp3) is 0.917. The summed E-state index contributed by atoms with van der Waals surface area (Å²) in [6, 6.07) is 0. The molecule has 1 rings (SSSR count). The van der Waals surface area contributed by atoms with Crippen LogP contribution >= 0.6 is 0 Å². The molecule has 2 N–H and O–H groups in total. The van der Waals surface area contributed by atoms with E-state index in [1.807, 2.05) is 20.8 Å². The molecule has 1 aliphatic rings. The molecular formula is C12H23NO3. The largest absolute Gasteiger partial charge is 0.462 e. The third-order valence-corrected chi connectivity index (χ3v) is 3.51. The van der Waals surface area contributed by atoms with E-state index in [0.29, 0.717) is 38.5 Å². The van der Waals surface area contributed by atoms with Crippen molar-refractivity contribution in [3.05, 3.63) is 0 Å². The summed E-state index contributed by atoms with van der Waals surface area (Å²) in [6.45, 7) is 7.55. The Labute approximate surface area is 97.5 Å². The van der Waals surface area contributed by atoms with Crippen LogP contribution in [0.3, 0.4) is 0 Å². The zero-order valence-electron chi connectivity index (χ0n) is 10.5. The van der Waals surface area contributed by atoms with Gasteiger partial charge in [-0.2, -0.15) is 0 Å². The van der Waals surface area contributed by atoms with Crippen LogP contribution in [0.2, 0.25) is 0 Å². The molecule has 1 fully saturated rings. The monoisotopic (exact) mass is 229 g/mol. The molecule has 4 nitrogen and oxygen atoms in total. The minimum absolute atomic E-state index is 0.0567. The molecule has 1 atom stereocenters. The van der Waals surface area contributed by atoms with Crippen LogP contribution in [-0.4, -0.2) is 31.8 Å². The summed E-state index contributed by atoms with van der Waals surface area (Å²) in [7, 11) is 0. The Morgan fingerprint density at radius 1 is 1.38 bits per heavy atom. The maximum Gasteiger partial charge on any atom is 0.313 e. The molecule has 1 saturated heterocycles. The molecule has 0 aromatic carbocycles. The smallest absolute Gasteiger partial charge is 0.313 e. The number of hydrogen-bond acceptors (Lipinski definition) is 4. The van der Waals surface area contributed by atoms with Crippen molar-refractivity contribution in [1.82, 2.24) is 0 Å². The van der Waals surface area contributed by atoms with Crippen LogP contribution in [0.15, 0.2) is 0 Å². The van der Waals surface area contributed by atoms with E-state index in [-0.39, 0.29) is 12.1 Å². The number of ether oxygens (including phenoxy) is 2. The Kier molecular flexibility index (Phi) is 4.74. The maximum atomic E-state index is 12.1. The van der Waals surface area contributed by atoms with Crippen molar-refractivity contribution in [1.29, 1.82) is 0 Å². The van der Waals surface area contributed by atoms with E-state index in [2.05, 4.69) is 0 Å². The van der Waals surface area contributed by atoms with Gasteiger partial charge in [0.2, 0.25) is 0 Å². The van der Waals surface area contributed by atoms with Crippen LogP contribution in [0, 0.1) is 11.3 Å². The molecule has 0 aliphatic carbocycles. The van der Waals surface area contributed by atoms with Crippen molar-refractivity contribution < 1.29 is 14.3 Å². The average Bonchev–Trinajstić information content (AvgIpc) is 2.29. The molecule has 0 aromatic heterocycles. The zero-order chi connectivity index (χ0) is 12.2.